The molecule has 0 atom stereocenters. The fourth-order valence-electron chi connectivity index (χ4n) is 6.92. The smallest absolute Gasteiger partial charge is 0.0797 e. The molecule has 2 aromatic rings. The maximum atomic E-state index is 7.20. The van der Waals surface area contributed by atoms with Crippen LogP contribution in [-0.4, -0.2) is 38.7 Å². The number of unbranched alkanes of at least 4 members (excludes halogenated alkanes) is 1. The van der Waals surface area contributed by atoms with Crippen LogP contribution >= 0.6 is 11.6 Å². The van der Waals surface area contributed by atoms with E-state index in [4.69, 9.17) is 11.6 Å². The van der Waals surface area contributed by atoms with Crippen LogP contribution in [0.3, 0.4) is 0 Å². The summed E-state index contributed by atoms with van der Waals surface area (Å²) < 4.78 is 0.982. The van der Waals surface area contributed by atoms with Crippen LogP contribution in [0.1, 0.15) is 89.8 Å². The molecule has 1 aliphatic heterocycles. The molecule has 2 aromatic carbocycles. The number of quaternary nitrogens is 1. The maximum Gasteiger partial charge on any atom is 0.0797 e. The van der Waals surface area contributed by atoms with Crippen LogP contribution < -0.4 is 4.90 Å². The van der Waals surface area contributed by atoms with Crippen LogP contribution in [0.25, 0.3) is 0 Å². The first kappa shape index (κ1) is 34.1. The monoisotopic (exact) mass is 611 g/mol. The Balaban J connectivity index is 1.66. The van der Waals surface area contributed by atoms with E-state index in [0.717, 1.165) is 61.1 Å². The summed E-state index contributed by atoms with van der Waals surface area (Å²) in [5.74, 6) is 0. The summed E-state index contributed by atoms with van der Waals surface area (Å²) in [6, 6.07) is 17.7. The van der Waals surface area contributed by atoms with Crippen molar-refractivity contribution in [2.45, 2.75) is 90.9 Å². The second-order valence-corrected chi connectivity index (χ2v) is 15.2. The summed E-state index contributed by atoms with van der Waals surface area (Å²) in [6.07, 6.45) is 18.3. The molecule has 0 aromatic heterocycles. The summed E-state index contributed by atoms with van der Waals surface area (Å²) in [5, 5.41) is 0.929. The highest BCUT2D eigenvalue weighted by atomic mass is 35.5. The minimum Gasteiger partial charge on any atom is -0.344 e. The fraction of sp³-hybridized carbons (Fsp3) is 0.463. The van der Waals surface area contributed by atoms with Crippen molar-refractivity contribution in [3.63, 3.8) is 0 Å². The first-order chi connectivity index (χ1) is 20.8. The van der Waals surface area contributed by atoms with E-state index in [0.29, 0.717) is 0 Å². The second-order valence-electron chi connectivity index (χ2n) is 14.8. The highest BCUT2D eigenvalue weighted by Gasteiger charge is 2.39. The van der Waals surface area contributed by atoms with Gasteiger partial charge in [-0.05, 0) is 78.2 Å². The summed E-state index contributed by atoms with van der Waals surface area (Å²) in [6.45, 7) is 16.1. The Bertz CT molecular complexity index is 1470. The number of halogens is 1. The van der Waals surface area contributed by atoms with Crippen molar-refractivity contribution in [1.82, 2.24) is 0 Å². The Morgan fingerprint density at radius 3 is 2.41 bits per heavy atom. The van der Waals surface area contributed by atoms with E-state index in [-0.39, 0.29) is 10.8 Å². The van der Waals surface area contributed by atoms with Gasteiger partial charge >= 0.3 is 0 Å². The van der Waals surface area contributed by atoms with E-state index in [1.54, 1.807) is 0 Å². The van der Waals surface area contributed by atoms with Gasteiger partial charge in [-0.15, -0.1) is 0 Å². The van der Waals surface area contributed by atoms with Crippen LogP contribution in [0.2, 0.25) is 0 Å². The van der Waals surface area contributed by atoms with E-state index in [1.165, 1.54) is 44.8 Å². The molecule has 0 saturated carbocycles. The lowest BCUT2D eigenvalue weighted by atomic mass is 9.75. The zero-order chi connectivity index (χ0) is 32.1. The van der Waals surface area contributed by atoms with E-state index in [9.17, 15) is 0 Å². The Hall–Kier alpha value is -2.81. The van der Waals surface area contributed by atoms with Crippen LogP contribution in [0, 0.1) is 6.92 Å². The number of aryl methyl sites for hydroxylation is 1. The Morgan fingerprint density at radius 2 is 1.70 bits per heavy atom. The van der Waals surface area contributed by atoms with Crippen LogP contribution in [0.4, 0.5) is 5.69 Å². The minimum atomic E-state index is -0.0831. The molecule has 4 rings (SSSR count). The minimum absolute atomic E-state index is 0.0576. The van der Waals surface area contributed by atoms with Crippen molar-refractivity contribution in [2.24, 2.45) is 0 Å². The maximum absolute atomic E-state index is 7.20. The molecule has 44 heavy (non-hydrogen) atoms. The van der Waals surface area contributed by atoms with Crippen molar-refractivity contribution < 1.29 is 4.48 Å². The Kier molecular flexibility index (Phi) is 10.9. The average molecular weight is 612 g/mol. The molecule has 1 heterocycles. The van der Waals surface area contributed by atoms with E-state index in [2.05, 4.69) is 146 Å². The van der Waals surface area contributed by atoms with Gasteiger partial charge in [0.25, 0.3) is 0 Å². The molecule has 2 aliphatic rings. The summed E-state index contributed by atoms with van der Waals surface area (Å²) in [4.78, 5) is 2.56. The molecule has 0 bridgehead atoms. The number of anilines is 1. The quantitative estimate of drug-likeness (QED) is 0.180. The van der Waals surface area contributed by atoms with Gasteiger partial charge in [0.1, 0.15) is 0 Å². The number of allylic oxidation sites excluding steroid dienone is 10. The summed E-state index contributed by atoms with van der Waals surface area (Å²) >= 11 is 7.20. The summed E-state index contributed by atoms with van der Waals surface area (Å²) in [7, 11) is 6.83. The predicted molar refractivity (Wildman–Crippen MR) is 194 cm³/mol. The van der Waals surface area contributed by atoms with Gasteiger partial charge in [0.05, 0.1) is 27.7 Å². The number of benzene rings is 2. The van der Waals surface area contributed by atoms with E-state index < -0.39 is 0 Å². The third-order valence-corrected chi connectivity index (χ3v) is 10.1. The van der Waals surface area contributed by atoms with Gasteiger partial charge in [-0.2, -0.15) is 0 Å². The van der Waals surface area contributed by atoms with E-state index >= 15 is 0 Å². The molecular weight excluding hydrogens is 556 g/mol. The molecular formula is C41H56ClN2+. The first-order valence-electron chi connectivity index (χ1n) is 16.7. The number of rotatable bonds is 11. The number of fused-ring (bicyclic) bond motifs is 1. The predicted octanol–water partition coefficient (Wildman–Crippen LogP) is 10.9. The molecule has 1 aliphatic carbocycles. The van der Waals surface area contributed by atoms with Gasteiger partial charge in [0.2, 0.25) is 0 Å². The third-order valence-electron chi connectivity index (χ3n) is 9.57. The Morgan fingerprint density at radius 1 is 1.00 bits per heavy atom. The van der Waals surface area contributed by atoms with Gasteiger partial charge in [0, 0.05) is 40.2 Å². The highest BCUT2D eigenvalue weighted by Crippen LogP contribution is 2.48. The lowest BCUT2D eigenvalue weighted by Gasteiger charge is -2.29. The molecule has 0 amide bonds. The topological polar surface area (TPSA) is 3.24 Å². The van der Waals surface area contributed by atoms with Gasteiger partial charge < -0.3 is 9.38 Å². The molecule has 0 radical (unpaired) electrons. The van der Waals surface area contributed by atoms with Crippen molar-refractivity contribution in [3.05, 3.63) is 123 Å². The first-order valence-corrected chi connectivity index (χ1v) is 17.1. The highest BCUT2D eigenvalue weighted by molar-refractivity contribution is 6.32. The summed E-state index contributed by atoms with van der Waals surface area (Å²) in [5.41, 5.74) is 10.6. The van der Waals surface area contributed by atoms with Crippen LogP contribution in [0.15, 0.2) is 106 Å². The van der Waals surface area contributed by atoms with Gasteiger partial charge in [-0.3, -0.25) is 0 Å². The van der Waals surface area contributed by atoms with Gasteiger partial charge in [-0.25, -0.2) is 0 Å². The number of hydrogen-bond donors (Lipinski definition) is 0. The molecule has 0 saturated heterocycles. The molecule has 0 unspecified atom stereocenters. The average Bonchev–Trinajstić information content (AvgIpc) is 3.18. The number of hydrogen-bond acceptors (Lipinski definition) is 1. The molecule has 3 heteroatoms. The van der Waals surface area contributed by atoms with Crippen molar-refractivity contribution in [3.8, 4) is 0 Å². The van der Waals surface area contributed by atoms with Crippen LogP contribution in [0.5, 0.6) is 0 Å². The van der Waals surface area contributed by atoms with Gasteiger partial charge in [-0.1, -0.05) is 119 Å². The van der Waals surface area contributed by atoms with Crippen LogP contribution in [-0.2, 0) is 10.8 Å². The molecule has 0 spiro atoms. The second kappa shape index (κ2) is 14.1. The number of nitrogens with zero attached hydrogens (tertiary/aromatic N) is 2. The lowest BCUT2D eigenvalue weighted by Crippen LogP contribution is -2.37. The molecule has 0 N–H and O–H groups in total. The molecule has 236 valence electrons. The van der Waals surface area contributed by atoms with Gasteiger partial charge in [0.15, 0.2) is 0 Å². The standard InChI is InChI=1S/C41H56ClN2/c1-10-11-21-34(40(3,4)35-22-13-12-18-31(35)2)27-25-32-19-16-20-33(39(32)42)26-28-38-41(5,6)36-23-14-15-24-37(36)43(38)29-17-30-44(7,8)9/h12-15,18,21-28H,10-11,16-17,19-20,29-30H2,1-9H3/q+1/b27-25+,33-26+,34-21+,38-28+. The fourth-order valence-corrected chi connectivity index (χ4v) is 7.24. The zero-order valence-electron chi connectivity index (χ0n) is 28.9. The largest absolute Gasteiger partial charge is 0.344 e. The SMILES string of the molecule is CCC/C=C(\C=C\C1=C(Cl)C(=C/C=C2/N(CCC[N+](C)(C)C)c3ccccc3C2(C)C)/CCC1)C(C)(C)c1ccccc1C. The van der Waals surface area contributed by atoms with E-state index in [1.807, 2.05) is 0 Å². The molecule has 2 nitrogen and oxygen atoms in total. The third kappa shape index (κ3) is 7.69. The van der Waals surface area contributed by atoms with Crippen molar-refractivity contribution in [2.75, 3.05) is 39.1 Å². The Labute approximate surface area is 274 Å². The zero-order valence-corrected chi connectivity index (χ0v) is 29.7. The van der Waals surface area contributed by atoms with Crippen molar-refractivity contribution in [1.29, 1.82) is 0 Å². The van der Waals surface area contributed by atoms with Crippen molar-refractivity contribution >= 4 is 17.3 Å². The lowest BCUT2D eigenvalue weighted by molar-refractivity contribution is -0.870. The number of para-hydroxylation sites is 1. The molecule has 0 fully saturated rings. The normalized spacial score (nSPS) is 19.5.